The number of carbonyl (C=O) groups is 1. The van der Waals surface area contributed by atoms with Crippen molar-refractivity contribution in [2.75, 3.05) is 13.1 Å². The zero-order valence-electron chi connectivity index (χ0n) is 11.8. The largest absolute Gasteiger partial charge is 0.345 e. The summed E-state index contributed by atoms with van der Waals surface area (Å²) in [5, 5.41) is 6.41. The zero-order chi connectivity index (χ0) is 14.5. The van der Waals surface area contributed by atoms with Crippen molar-refractivity contribution in [3.8, 4) is 0 Å². The summed E-state index contributed by atoms with van der Waals surface area (Å²) in [7, 11) is 0. The van der Waals surface area contributed by atoms with E-state index in [0.29, 0.717) is 0 Å². The molecule has 0 saturated carbocycles. The molecule has 1 aliphatic rings. The summed E-state index contributed by atoms with van der Waals surface area (Å²) in [6.45, 7) is 1.68. The Balaban J connectivity index is 1.84. The van der Waals surface area contributed by atoms with E-state index in [1.807, 2.05) is 48.7 Å². The monoisotopic (exact) mass is 281 g/mol. The molecule has 3 rings (SSSR count). The van der Waals surface area contributed by atoms with Crippen molar-refractivity contribution in [1.29, 1.82) is 0 Å². The maximum absolute atomic E-state index is 12.4. The van der Waals surface area contributed by atoms with Gasteiger partial charge in [-0.3, -0.25) is 9.78 Å². The van der Waals surface area contributed by atoms with E-state index in [-0.39, 0.29) is 17.9 Å². The van der Waals surface area contributed by atoms with Gasteiger partial charge in [-0.25, -0.2) is 0 Å². The number of nitrogens with one attached hydrogen (secondary N) is 2. The third-order valence-corrected chi connectivity index (χ3v) is 3.87. The van der Waals surface area contributed by atoms with Gasteiger partial charge < -0.3 is 10.6 Å². The molecule has 21 heavy (non-hydrogen) atoms. The number of benzene rings is 1. The van der Waals surface area contributed by atoms with Crippen LogP contribution in [0.5, 0.6) is 0 Å². The Morgan fingerprint density at radius 3 is 2.67 bits per heavy atom. The topological polar surface area (TPSA) is 54.0 Å². The number of hydrogen-bond acceptors (Lipinski definition) is 3. The molecular formula is C17H19N3O. The van der Waals surface area contributed by atoms with Gasteiger partial charge in [0.25, 0.3) is 0 Å². The molecule has 2 N–H and O–H groups in total. The normalized spacial score (nSPS) is 19.1. The van der Waals surface area contributed by atoms with E-state index in [1.54, 1.807) is 6.20 Å². The average Bonchev–Trinajstić information content (AvgIpc) is 3.09. The van der Waals surface area contributed by atoms with Gasteiger partial charge in [-0.2, -0.15) is 0 Å². The van der Waals surface area contributed by atoms with E-state index >= 15 is 0 Å². The molecule has 0 spiro atoms. The van der Waals surface area contributed by atoms with Crippen molar-refractivity contribution < 1.29 is 4.79 Å². The van der Waals surface area contributed by atoms with Crippen LogP contribution in [0.1, 0.15) is 23.6 Å². The Hall–Kier alpha value is -2.20. The molecule has 2 aromatic rings. The van der Waals surface area contributed by atoms with Crippen LogP contribution in [0.15, 0.2) is 54.9 Å². The second-order valence-electron chi connectivity index (χ2n) is 5.33. The highest BCUT2D eigenvalue weighted by Crippen LogP contribution is 2.22. The molecule has 1 fully saturated rings. The summed E-state index contributed by atoms with van der Waals surface area (Å²) in [6, 6.07) is 13.8. The van der Waals surface area contributed by atoms with Gasteiger partial charge in [0.2, 0.25) is 5.91 Å². The molecule has 4 heteroatoms. The molecule has 1 aromatic heterocycles. The molecule has 4 nitrogen and oxygen atoms in total. The van der Waals surface area contributed by atoms with Crippen LogP contribution in [-0.4, -0.2) is 24.0 Å². The van der Waals surface area contributed by atoms with Crippen molar-refractivity contribution in [2.24, 2.45) is 5.92 Å². The van der Waals surface area contributed by atoms with Crippen molar-refractivity contribution in [3.05, 3.63) is 66.0 Å². The number of pyridine rings is 1. The van der Waals surface area contributed by atoms with Crippen LogP contribution < -0.4 is 10.6 Å². The third kappa shape index (κ3) is 3.28. The number of carbonyl (C=O) groups excluding carboxylic acids is 1. The Morgan fingerprint density at radius 1 is 1.19 bits per heavy atom. The van der Waals surface area contributed by atoms with E-state index < -0.39 is 0 Å². The Kier molecular flexibility index (Phi) is 4.26. The molecule has 1 saturated heterocycles. The molecule has 2 unspecified atom stereocenters. The first kappa shape index (κ1) is 13.8. The van der Waals surface area contributed by atoms with Crippen LogP contribution in [0.25, 0.3) is 0 Å². The number of amides is 1. The molecule has 2 atom stereocenters. The van der Waals surface area contributed by atoms with E-state index in [9.17, 15) is 4.79 Å². The molecule has 108 valence electrons. The lowest BCUT2D eigenvalue weighted by atomic mass is 9.98. The standard InChI is InChI=1S/C17H19N3O/c21-17(15-8-10-19-12-15)20-16(13-5-2-1-3-6-13)14-7-4-9-18-11-14/h1-7,9,11,15-16,19H,8,10,12H2,(H,20,21). The fraction of sp³-hybridized carbons (Fsp3) is 0.294. The predicted molar refractivity (Wildman–Crippen MR) is 81.6 cm³/mol. The Morgan fingerprint density at radius 2 is 2.00 bits per heavy atom. The lowest BCUT2D eigenvalue weighted by Crippen LogP contribution is -2.35. The Bertz CT molecular complexity index is 540. The predicted octanol–water partition coefficient (Wildman–Crippen LogP) is 1.90. The van der Waals surface area contributed by atoms with Gasteiger partial charge in [0.1, 0.15) is 0 Å². The number of hydrogen-bond donors (Lipinski definition) is 2. The molecule has 1 aliphatic heterocycles. The molecular weight excluding hydrogens is 262 g/mol. The Labute approximate surface area is 124 Å². The molecule has 0 radical (unpaired) electrons. The van der Waals surface area contributed by atoms with Gasteiger partial charge in [-0.1, -0.05) is 36.4 Å². The minimum atomic E-state index is -0.145. The van der Waals surface area contributed by atoms with Crippen LogP contribution >= 0.6 is 0 Å². The lowest BCUT2D eigenvalue weighted by molar-refractivity contribution is -0.124. The van der Waals surface area contributed by atoms with Gasteiger partial charge in [-0.15, -0.1) is 0 Å². The molecule has 1 aromatic carbocycles. The second-order valence-corrected chi connectivity index (χ2v) is 5.33. The first-order valence-corrected chi connectivity index (χ1v) is 7.30. The number of rotatable bonds is 4. The van der Waals surface area contributed by atoms with Crippen molar-refractivity contribution in [2.45, 2.75) is 12.5 Å². The number of nitrogens with zero attached hydrogens (tertiary/aromatic N) is 1. The highest BCUT2D eigenvalue weighted by atomic mass is 16.2. The maximum Gasteiger partial charge on any atom is 0.225 e. The van der Waals surface area contributed by atoms with Crippen molar-refractivity contribution in [3.63, 3.8) is 0 Å². The molecule has 1 amide bonds. The fourth-order valence-electron chi connectivity index (χ4n) is 2.69. The average molecular weight is 281 g/mol. The van der Waals surface area contributed by atoms with Crippen molar-refractivity contribution >= 4 is 5.91 Å². The number of aromatic nitrogens is 1. The minimum Gasteiger partial charge on any atom is -0.345 e. The van der Waals surface area contributed by atoms with E-state index in [0.717, 1.165) is 30.6 Å². The summed E-state index contributed by atoms with van der Waals surface area (Å²) in [5.41, 5.74) is 2.08. The molecule has 0 aliphatic carbocycles. The second kappa shape index (κ2) is 6.50. The first-order valence-electron chi connectivity index (χ1n) is 7.30. The fourth-order valence-corrected chi connectivity index (χ4v) is 2.69. The molecule has 2 heterocycles. The van der Waals surface area contributed by atoms with Crippen LogP contribution in [0, 0.1) is 5.92 Å². The molecule has 0 bridgehead atoms. The lowest BCUT2D eigenvalue weighted by Gasteiger charge is -2.21. The van der Waals surface area contributed by atoms with Gasteiger partial charge in [-0.05, 0) is 30.2 Å². The van der Waals surface area contributed by atoms with Gasteiger partial charge in [0, 0.05) is 18.9 Å². The van der Waals surface area contributed by atoms with E-state index in [2.05, 4.69) is 15.6 Å². The highest BCUT2D eigenvalue weighted by Gasteiger charge is 2.25. The van der Waals surface area contributed by atoms with Gasteiger partial charge >= 0.3 is 0 Å². The van der Waals surface area contributed by atoms with Crippen LogP contribution in [0.3, 0.4) is 0 Å². The highest BCUT2D eigenvalue weighted by molar-refractivity contribution is 5.80. The quantitative estimate of drug-likeness (QED) is 0.900. The van der Waals surface area contributed by atoms with Crippen molar-refractivity contribution in [1.82, 2.24) is 15.6 Å². The third-order valence-electron chi connectivity index (χ3n) is 3.87. The summed E-state index contributed by atoms with van der Waals surface area (Å²) >= 11 is 0. The summed E-state index contributed by atoms with van der Waals surface area (Å²) in [4.78, 5) is 16.6. The van der Waals surface area contributed by atoms with E-state index in [4.69, 9.17) is 0 Å². The van der Waals surface area contributed by atoms with Gasteiger partial charge in [0.05, 0.1) is 12.0 Å². The summed E-state index contributed by atoms with van der Waals surface area (Å²) < 4.78 is 0. The summed E-state index contributed by atoms with van der Waals surface area (Å²) in [5.74, 6) is 0.172. The van der Waals surface area contributed by atoms with Crippen LogP contribution in [-0.2, 0) is 4.79 Å². The van der Waals surface area contributed by atoms with Gasteiger partial charge in [0.15, 0.2) is 0 Å². The minimum absolute atomic E-state index is 0.0629. The first-order chi connectivity index (χ1) is 10.3. The maximum atomic E-state index is 12.4. The smallest absolute Gasteiger partial charge is 0.225 e. The summed E-state index contributed by atoms with van der Waals surface area (Å²) in [6.07, 6.45) is 4.46. The van der Waals surface area contributed by atoms with E-state index in [1.165, 1.54) is 0 Å². The van der Waals surface area contributed by atoms with Crippen LogP contribution in [0.4, 0.5) is 0 Å². The zero-order valence-corrected chi connectivity index (χ0v) is 11.8. The van der Waals surface area contributed by atoms with Crippen LogP contribution in [0.2, 0.25) is 0 Å². The SMILES string of the molecule is O=C(NC(c1ccccc1)c1cccnc1)C1CCNC1.